The Bertz CT molecular complexity index is 617. The van der Waals surface area contributed by atoms with Crippen LogP contribution in [-0.2, 0) is 0 Å². The molecule has 19 heavy (non-hydrogen) atoms. The number of hydrogen-bond donors (Lipinski definition) is 1. The highest BCUT2D eigenvalue weighted by atomic mass is 79.9. The second kappa shape index (κ2) is 4.94. The summed E-state index contributed by atoms with van der Waals surface area (Å²) in [5.41, 5.74) is 7.98. The van der Waals surface area contributed by atoms with Gasteiger partial charge in [0.2, 0.25) is 0 Å². The van der Waals surface area contributed by atoms with Crippen molar-refractivity contribution in [3.05, 3.63) is 63.9 Å². The van der Waals surface area contributed by atoms with E-state index in [-0.39, 0.29) is 18.0 Å². The second-order valence-corrected chi connectivity index (χ2v) is 5.51. The van der Waals surface area contributed by atoms with Crippen molar-refractivity contribution in [1.29, 1.82) is 0 Å². The Morgan fingerprint density at radius 2 is 2.00 bits per heavy atom. The summed E-state index contributed by atoms with van der Waals surface area (Å²) in [6.45, 7) is 0. The van der Waals surface area contributed by atoms with Crippen LogP contribution < -0.4 is 10.5 Å². The molecule has 1 aliphatic rings. The average Bonchev–Trinajstić information content (AvgIpc) is 2.42. The Balaban J connectivity index is 1.94. The molecule has 4 heteroatoms. The van der Waals surface area contributed by atoms with Crippen molar-refractivity contribution in [2.75, 3.05) is 0 Å². The summed E-state index contributed by atoms with van der Waals surface area (Å²) >= 11 is 3.15. The zero-order chi connectivity index (χ0) is 13.4. The van der Waals surface area contributed by atoms with Gasteiger partial charge in [0.15, 0.2) is 0 Å². The van der Waals surface area contributed by atoms with E-state index in [1.165, 1.54) is 6.07 Å². The molecule has 1 aliphatic heterocycles. The Labute approximate surface area is 119 Å². The molecule has 2 nitrogen and oxygen atoms in total. The van der Waals surface area contributed by atoms with E-state index in [0.29, 0.717) is 10.9 Å². The molecule has 0 amide bonds. The Hall–Kier alpha value is -1.39. The standard InChI is InChI=1S/C15H13BrFNO/c16-11-6-5-9(7-12(11)17)15-8-13(18)10-3-1-2-4-14(10)19-15/h1-7,13,15H,8,18H2/t13-,15?/m0/s1. The van der Waals surface area contributed by atoms with Gasteiger partial charge in [-0.05, 0) is 39.7 Å². The van der Waals surface area contributed by atoms with Crippen LogP contribution in [0.5, 0.6) is 5.75 Å². The van der Waals surface area contributed by atoms with Crippen LogP contribution in [0.4, 0.5) is 4.39 Å². The second-order valence-electron chi connectivity index (χ2n) is 4.66. The van der Waals surface area contributed by atoms with E-state index in [1.807, 2.05) is 30.3 Å². The normalized spacial score (nSPS) is 21.6. The summed E-state index contributed by atoms with van der Waals surface area (Å²) in [5.74, 6) is 0.503. The van der Waals surface area contributed by atoms with Gasteiger partial charge in [0.1, 0.15) is 17.7 Å². The molecule has 1 heterocycles. The fourth-order valence-electron chi connectivity index (χ4n) is 2.37. The topological polar surface area (TPSA) is 35.2 Å². The number of nitrogens with two attached hydrogens (primary N) is 1. The third-order valence-electron chi connectivity index (χ3n) is 3.37. The zero-order valence-electron chi connectivity index (χ0n) is 10.1. The molecule has 3 rings (SSSR count). The van der Waals surface area contributed by atoms with Crippen molar-refractivity contribution in [3.63, 3.8) is 0 Å². The molecule has 0 saturated heterocycles. The van der Waals surface area contributed by atoms with Crippen LogP contribution in [-0.4, -0.2) is 0 Å². The van der Waals surface area contributed by atoms with Gasteiger partial charge in [-0.25, -0.2) is 4.39 Å². The van der Waals surface area contributed by atoms with Gasteiger partial charge in [0.25, 0.3) is 0 Å². The molecule has 98 valence electrons. The van der Waals surface area contributed by atoms with Crippen molar-refractivity contribution in [2.45, 2.75) is 18.6 Å². The first kappa shape index (κ1) is 12.6. The Kier molecular flexibility index (Phi) is 3.29. The summed E-state index contributed by atoms with van der Waals surface area (Å²) in [4.78, 5) is 0. The van der Waals surface area contributed by atoms with Crippen LogP contribution in [0.2, 0.25) is 0 Å². The van der Waals surface area contributed by atoms with Crippen molar-refractivity contribution in [3.8, 4) is 5.75 Å². The van der Waals surface area contributed by atoms with Gasteiger partial charge in [0.05, 0.1) is 4.47 Å². The monoisotopic (exact) mass is 321 g/mol. The molecule has 1 unspecified atom stereocenters. The number of rotatable bonds is 1. The molecule has 2 aromatic carbocycles. The van der Waals surface area contributed by atoms with Crippen molar-refractivity contribution in [2.24, 2.45) is 5.73 Å². The zero-order valence-corrected chi connectivity index (χ0v) is 11.7. The molecular weight excluding hydrogens is 309 g/mol. The first-order chi connectivity index (χ1) is 9.15. The highest BCUT2D eigenvalue weighted by Crippen LogP contribution is 2.39. The average molecular weight is 322 g/mol. The number of fused-ring (bicyclic) bond motifs is 1. The largest absolute Gasteiger partial charge is 0.485 e. The van der Waals surface area contributed by atoms with Crippen LogP contribution in [0.3, 0.4) is 0 Å². The molecule has 2 N–H and O–H groups in total. The van der Waals surface area contributed by atoms with Crippen molar-refractivity contribution >= 4 is 15.9 Å². The van der Waals surface area contributed by atoms with Gasteiger partial charge in [-0.2, -0.15) is 0 Å². The lowest BCUT2D eigenvalue weighted by atomic mass is 9.93. The summed E-state index contributed by atoms with van der Waals surface area (Å²) in [5, 5.41) is 0. The summed E-state index contributed by atoms with van der Waals surface area (Å²) < 4.78 is 20.0. The molecular formula is C15H13BrFNO. The van der Waals surface area contributed by atoms with E-state index in [9.17, 15) is 4.39 Å². The molecule has 0 radical (unpaired) electrons. The molecule has 2 aromatic rings. The van der Waals surface area contributed by atoms with Crippen LogP contribution in [0, 0.1) is 5.82 Å². The third-order valence-corrected chi connectivity index (χ3v) is 4.01. The molecule has 0 aromatic heterocycles. The van der Waals surface area contributed by atoms with Gasteiger partial charge in [-0.1, -0.05) is 24.3 Å². The number of benzene rings is 2. The number of ether oxygens (including phenoxy) is 1. The van der Waals surface area contributed by atoms with E-state index in [4.69, 9.17) is 10.5 Å². The Morgan fingerprint density at radius 1 is 1.21 bits per heavy atom. The van der Waals surface area contributed by atoms with Gasteiger partial charge >= 0.3 is 0 Å². The molecule has 0 saturated carbocycles. The molecule has 0 aliphatic carbocycles. The number of hydrogen-bond acceptors (Lipinski definition) is 2. The summed E-state index contributed by atoms with van der Waals surface area (Å²) in [6.07, 6.45) is 0.449. The third kappa shape index (κ3) is 2.38. The fourth-order valence-corrected chi connectivity index (χ4v) is 2.62. The van der Waals surface area contributed by atoms with Gasteiger partial charge in [-0.3, -0.25) is 0 Å². The van der Waals surface area contributed by atoms with Crippen LogP contribution >= 0.6 is 15.9 Å². The molecule has 0 bridgehead atoms. The molecule has 0 spiro atoms. The minimum Gasteiger partial charge on any atom is -0.485 e. The highest BCUT2D eigenvalue weighted by Gasteiger charge is 2.27. The predicted molar refractivity (Wildman–Crippen MR) is 75.5 cm³/mol. The summed E-state index contributed by atoms with van der Waals surface area (Å²) in [6, 6.07) is 12.7. The van der Waals surface area contributed by atoms with Crippen LogP contribution in [0.15, 0.2) is 46.9 Å². The maximum atomic E-state index is 13.6. The van der Waals surface area contributed by atoms with E-state index in [1.54, 1.807) is 6.07 Å². The summed E-state index contributed by atoms with van der Waals surface area (Å²) in [7, 11) is 0. The van der Waals surface area contributed by atoms with Crippen LogP contribution in [0.1, 0.15) is 29.7 Å². The number of halogens is 2. The van der Waals surface area contributed by atoms with E-state index in [2.05, 4.69) is 15.9 Å². The number of para-hydroxylation sites is 1. The lowest BCUT2D eigenvalue weighted by molar-refractivity contribution is 0.161. The maximum Gasteiger partial charge on any atom is 0.137 e. The van der Waals surface area contributed by atoms with E-state index < -0.39 is 0 Å². The van der Waals surface area contributed by atoms with Crippen molar-refractivity contribution < 1.29 is 9.13 Å². The first-order valence-corrected chi connectivity index (χ1v) is 6.90. The SMILES string of the molecule is N[C@H]1CC(c2ccc(Br)c(F)c2)Oc2ccccc21. The minimum absolute atomic E-state index is 0.0818. The fraction of sp³-hybridized carbons (Fsp3) is 0.200. The van der Waals surface area contributed by atoms with E-state index in [0.717, 1.165) is 16.9 Å². The quantitative estimate of drug-likeness (QED) is 0.857. The molecule has 0 fully saturated rings. The first-order valence-electron chi connectivity index (χ1n) is 6.11. The smallest absolute Gasteiger partial charge is 0.137 e. The Morgan fingerprint density at radius 3 is 2.79 bits per heavy atom. The predicted octanol–water partition coefficient (Wildman–Crippen LogP) is 4.11. The minimum atomic E-state index is -0.284. The molecule has 2 atom stereocenters. The van der Waals surface area contributed by atoms with Crippen LogP contribution in [0.25, 0.3) is 0 Å². The lowest BCUT2D eigenvalue weighted by Gasteiger charge is -2.30. The lowest BCUT2D eigenvalue weighted by Crippen LogP contribution is -2.24. The maximum absolute atomic E-state index is 13.6. The van der Waals surface area contributed by atoms with Gasteiger partial charge in [-0.15, -0.1) is 0 Å². The highest BCUT2D eigenvalue weighted by molar-refractivity contribution is 9.10. The van der Waals surface area contributed by atoms with Gasteiger partial charge in [0, 0.05) is 18.0 Å². The van der Waals surface area contributed by atoms with E-state index >= 15 is 0 Å². The van der Waals surface area contributed by atoms with Gasteiger partial charge < -0.3 is 10.5 Å². The van der Waals surface area contributed by atoms with Crippen molar-refractivity contribution in [1.82, 2.24) is 0 Å².